The maximum absolute atomic E-state index is 13.1. The van der Waals surface area contributed by atoms with Crippen molar-refractivity contribution in [1.29, 1.82) is 0 Å². The molecule has 152 valence electrons. The topological polar surface area (TPSA) is 88.5 Å². The van der Waals surface area contributed by atoms with E-state index < -0.39 is 10.2 Å². The summed E-state index contributed by atoms with van der Waals surface area (Å²) >= 11 is 0. The van der Waals surface area contributed by atoms with Gasteiger partial charge in [0, 0.05) is 25.7 Å². The average Bonchev–Trinajstić information content (AvgIpc) is 2.69. The highest BCUT2D eigenvalue weighted by atomic mass is 32.2. The number of allylic oxidation sites excluding steroid dienone is 1. The van der Waals surface area contributed by atoms with Gasteiger partial charge in [0.15, 0.2) is 0 Å². The van der Waals surface area contributed by atoms with Crippen LogP contribution in [-0.2, 0) is 15.0 Å². The zero-order valence-corrected chi connectivity index (χ0v) is 17.3. The molecule has 1 fully saturated rings. The molecular formula is C19H25N3O5S. The number of methoxy groups -OCH3 is 2. The van der Waals surface area contributed by atoms with Crippen LogP contribution in [0, 0.1) is 5.92 Å². The largest absolute Gasteiger partial charge is 0.497 e. The number of carbonyl (C=O) groups excluding carboxylic acids is 1. The van der Waals surface area contributed by atoms with E-state index in [-0.39, 0.29) is 17.3 Å². The van der Waals surface area contributed by atoms with Gasteiger partial charge in [-0.15, -0.1) is 4.40 Å². The molecule has 1 saturated heterocycles. The Bertz CT molecular complexity index is 931. The van der Waals surface area contributed by atoms with Crippen molar-refractivity contribution in [3.05, 3.63) is 35.5 Å². The summed E-state index contributed by atoms with van der Waals surface area (Å²) in [5.74, 6) is 1.21. The molecule has 1 amide bonds. The molecule has 9 heteroatoms. The van der Waals surface area contributed by atoms with Gasteiger partial charge in [-0.1, -0.05) is 6.92 Å². The normalized spacial score (nSPS) is 19.7. The summed E-state index contributed by atoms with van der Waals surface area (Å²) in [4.78, 5) is 14.8. The van der Waals surface area contributed by atoms with Crippen molar-refractivity contribution in [2.75, 3.05) is 34.4 Å². The number of ether oxygens (including phenoxy) is 2. The minimum Gasteiger partial charge on any atom is -0.497 e. The Morgan fingerprint density at radius 2 is 1.86 bits per heavy atom. The van der Waals surface area contributed by atoms with Crippen LogP contribution in [-0.4, -0.2) is 63.6 Å². The Balaban J connectivity index is 2.04. The number of hydrogen-bond acceptors (Lipinski definition) is 5. The molecule has 8 nitrogen and oxygen atoms in total. The van der Waals surface area contributed by atoms with E-state index >= 15 is 0 Å². The smallest absolute Gasteiger partial charge is 0.345 e. The van der Waals surface area contributed by atoms with Crippen LogP contribution in [0.3, 0.4) is 0 Å². The summed E-state index contributed by atoms with van der Waals surface area (Å²) in [6.45, 7) is 3.37. The van der Waals surface area contributed by atoms with Crippen LogP contribution in [0.4, 0.5) is 0 Å². The first-order chi connectivity index (χ1) is 13.3. The Morgan fingerprint density at radius 1 is 1.18 bits per heavy atom. The fourth-order valence-electron chi connectivity index (χ4n) is 3.27. The van der Waals surface area contributed by atoms with Crippen molar-refractivity contribution in [2.45, 2.75) is 19.8 Å². The second kappa shape index (κ2) is 7.83. The number of hydrogen-bond donors (Lipinski definition) is 0. The van der Waals surface area contributed by atoms with Gasteiger partial charge in [-0.3, -0.25) is 4.79 Å². The van der Waals surface area contributed by atoms with E-state index in [1.807, 2.05) is 0 Å². The van der Waals surface area contributed by atoms with Crippen LogP contribution < -0.4 is 9.47 Å². The number of nitrogens with zero attached hydrogens (tertiary/aromatic N) is 3. The van der Waals surface area contributed by atoms with Crippen molar-refractivity contribution in [2.24, 2.45) is 10.3 Å². The van der Waals surface area contributed by atoms with Crippen LogP contribution >= 0.6 is 0 Å². The van der Waals surface area contributed by atoms with Crippen molar-refractivity contribution in [1.82, 2.24) is 9.21 Å². The van der Waals surface area contributed by atoms with Gasteiger partial charge in [-0.05, 0) is 43.0 Å². The van der Waals surface area contributed by atoms with Crippen LogP contribution in [0.5, 0.6) is 11.5 Å². The van der Waals surface area contributed by atoms with Gasteiger partial charge in [0.2, 0.25) is 0 Å². The standard InChI is InChI=1S/C19H25N3O5S/c1-13-7-9-22(10-8-13)19(23)17-12-16(20-28(24,25)21(17)2)15-11-14(26-3)5-6-18(15)27-4/h5-6,11-13H,7-10H2,1-4H3. The van der Waals surface area contributed by atoms with Crippen molar-refractivity contribution < 1.29 is 22.7 Å². The van der Waals surface area contributed by atoms with E-state index in [1.165, 1.54) is 27.3 Å². The summed E-state index contributed by atoms with van der Waals surface area (Å²) in [6, 6.07) is 5.01. The second-order valence-electron chi connectivity index (χ2n) is 6.99. The minimum absolute atomic E-state index is 0.0735. The highest BCUT2D eigenvalue weighted by Crippen LogP contribution is 2.29. The summed E-state index contributed by atoms with van der Waals surface area (Å²) in [7, 11) is 0.305. The molecule has 0 atom stereocenters. The van der Waals surface area contributed by atoms with E-state index in [0.29, 0.717) is 36.1 Å². The lowest BCUT2D eigenvalue weighted by atomic mass is 9.99. The summed E-state index contributed by atoms with van der Waals surface area (Å²) < 4.78 is 40.6. The number of likely N-dealkylation sites (N-methyl/N-ethyl adjacent to an activating group) is 1. The molecule has 0 saturated carbocycles. The van der Waals surface area contributed by atoms with E-state index in [0.717, 1.165) is 17.1 Å². The monoisotopic (exact) mass is 407 g/mol. The van der Waals surface area contributed by atoms with E-state index in [9.17, 15) is 13.2 Å². The van der Waals surface area contributed by atoms with Crippen LogP contribution in [0.25, 0.3) is 0 Å². The summed E-state index contributed by atoms with van der Waals surface area (Å²) in [5, 5.41) is 0. The summed E-state index contributed by atoms with van der Waals surface area (Å²) in [5.41, 5.74) is 0.656. The van der Waals surface area contributed by atoms with E-state index in [2.05, 4.69) is 11.3 Å². The van der Waals surface area contributed by atoms with Gasteiger partial charge in [0.25, 0.3) is 5.91 Å². The van der Waals surface area contributed by atoms with Crippen LogP contribution in [0.15, 0.2) is 34.4 Å². The predicted molar refractivity (Wildman–Crippen MR) is 106 cm³/mol. The number of carbonyl (C=O) groups is 1. The van der Waals surface area contributed by atoms with Gasteiger partial charge in [0.1, 0.15) is 17.2 Å². The lowest BCUT2D eigenvalue weighted by molar-refractivity contribution is -0.129. The molecule has 0 radical (unpaired) electrons. The molecule has 0 aliphatic carbocycles. The number of benzene rings is 1. The molecule has 2 aliphatic heterocycles. The lowest BCUT2D eigenvalue weighted by Crippen LogP contribution is -2.44. The second-order valence-corrected chi connectivity index (χ2v) is 8.62. The molecule has 2 heterocycles. The molecule has 0 N–H and O–H groups in total. The zero-order chi connectivity index (χ0) is 20.5. The fraction of sp³-hybridized carbons (Fsp3) is 0.474. The molecule has 0 bridgehead atoms. The zero-order valence-electron chi connectivity index (χ0n) is 16.5. The van der Waals surface area contributed by atoms with Crippen molar-refractivity contribution in [3.8, 4) is 11.5 Å². The van der Waals surface area contributed by atoms with Crippen LogP contribution in [0.1, 0.15) is 25.3 Å². The molecular weight excluding hydrogens is 382 g/mol. The SMILES string of the molecule is COc1ccc(OC)c(C2=NS(=O)(=O)N(C)C(C(=O)N3CCC(C)CC3)=C2)c1. The van der Waals surface area contributed by atoms with Crippen molar-refractivity contribution >= 4 is 21.8 Å². The lowest BCUT2D eigenvalue weighted by Gasteiger charge is -2.33. The highest BCUT2D eigenvalue weighted by Gasteiger charge is 2.34. The fourth-order valence-corrected chi connectivity index (χ4v) is 4.17. The predicted octanol–water partition coefficient (Wildman–Crippen LogP) is 1.83. The first kappa shape index (κ1) is 20.2. The first-order valence-corrected chi connectivity index (χ1v) is 10.5. The quantitative estimate of drug-likeness (QED) is 0.760. The Morgan fingerprint density at radius 3 is 2.46 bits per heavy atom. The Kier molecular flexibility index (Phi) is 5.64. The van der Waals surface area contributed by atoms with Gasteiger partial charge < -0.3 is 14.4 Å². The molecule has 1 aromatic carbocycles. The van der Waals surface area contributed by atoms with Gasteiger partial charge >= 0.3 is 10.2 Å². The number of rotatable bonds is 4. The van der Waals surface area contributed by atoms with Gasteiger partial charge in [0.05, 0.1) is 19.9 Å². The average molecular weight is 407 g/mol. The molecule has 0 aromatic heterocycles. The summed E-state index contributed by atoms with van der Waals surface area (Å²) in [6.07, 6.45) is 3.30. The highest BCUT2D eigenvalue weighted by molar-refractivity contribution is 7.88. The molecule has 3 rings (SSSR count). The number of amides is 1. The number of likely N-dealkylation sites (tertiary alicyclic amines) is 1. The third-order valence-electron chi connectivity index (χ3n) is 5.15. The maximum Gasteiger partial charge on any atom is 0.345 e. The molecule has 28 heavy (non-hydrogen) atoms. The third kappa shape index (κ3) is 3.84. The third-order valence-corrected chi connectivity index (χ3v) is 6.46. The molecule has 0 unspecified atom stereocenters. The minimum atomic E-state index is -4.04. The Labute approximate surface area is 165 Å². The molecule has 0 spiro atoms. The number of piperidine rings is 1. The van der Waals surface area contributed by atoms with Crippen molar-refractivity contribution in [3.63, 3.8) is 0 Å². The molecule has 2 aliphatic rings. The van der Waals surface area contributed by atoms with Crippen LogP contribution in [0.2, 0.25) is 0 Å². The Hall–Kier alpha value is -2.55. The van der Waals surface area contributed by atoms with E-state index in [1.54, 1.807) is 23.1 Å². The molecule has 1 aromatic rings. The van der Waals surface area contributed by atoms with Gasteiger partial charge in [-0.25, -0.2) is 4.31 Å². The van der Waals surface area contributed by atoms with Gasteiger partial charge in [-0.2, -0.15) is 8.42 Å². The maximum atomic E-state index is 13.1. The first-order valence-electron chi connectivity index (χ1n) is 9.09. The van der Waals surface area contributed by atoms with E-state index in [4.69, 9.17) is 9.47 Å².